The molecular weight excluding hydrogens is 407 g/mol. The first-order valence-electron chi connectivity index (χ1n) is 8.29. The molecule has 154 valence electrons. The Kier molecular flexibility index (Phi) is 7.73. The number of benzene rings is 2. The van der Waals surface area contributed by atoms with Crippen LogP contribution in [0.3, 0.4) is 0 Å². The van der Waals surface area contributed by atoms with Crippen molar-refractivity contribution >= 4 is 17.8 Å². The van der Waals surface area contributed by atoms with Gasteiger partial charge in [-0.3, -0.25) is 0 Å². The maximum atomic E-state index is 12.0. The van der Waals surface area contributed by atoms with E-state index in [0.717, 1.165) is 18.5 Å². The lowest BCUT2D eigenvalue weighted by atomic mass is 10.1. The van der Waals surface area contributed by atoms with Crippen LogP contribution in [0.15, 0.2) is 59.5 Å². The Morgan fingerprint density at radius 2 is 1.68 bits per heavy atom. The fourth-order valence-corrected chi connectivity index (χ4v) is 3.72. The van der Waals surface area contributed by atoms with E-state index in [9.17, 15) is 13.0 Å². The Morgan fingerprint density at radius 1 is 1.07 bits per heavy atom. The molecule has 0 aliphatic rings. The van der Waals surface area contributed by atoms with Crippen LogP contribution in [0.25, 0.3) is 0 Å². The van der Waals surface area contributed by atoms with Gasteiger partial charge in [0.05, 0.1) is 4.90 Å². The second kappa shape index (κ2) is 9.62. The Hall–Kier alpha value is -1.78. The van der Waals surface area contributed by atoms with Crippen LogP contribution in [-0.2, 0) is 19.2 Å². The Morgan fingerprint density at radius 3 is 2.21 bits per heavy atom. The maximum absolute atomic E-state index is 12.0. The third-order valence-electron chi connectivity index (χ3n) is 3.69. The average molecular weight is 430 g/mol. The molecule has 0 saturated heterocycles. The average Bonchev–Trinajstić information content (AvgIpc) is 2.64. The van der Waals surface area contributed by atoms with Crippen LogP contribution in [0.1, 0.15) is 18.1 Å². The van der Waals surface area contributed by atoms with E-state index in [-0.39, 0.29) is 11.0 Å². The predicted molar refractivity (Wildman–Crippen MR) is 103 cm³/mol. The normalized spacial score (nSPS) is 13.5. The fraction of sp³-hybridized carbons (Fsp3) is 0.294. The van der Waals surface area contributed by atoms with Crippen molar-refractivity contribution in [2.24, 2.45) is 0 Å². The smallest absolute Gasteiger partial charge is 0.486 e. The SMILES string of the molecule is CN(C)CCC(Oc1ccc(S(=O)(=O)NOP(=O)(O)O)cc1)c1ccccc1. The molecule has 2 rings (SSSR count). The van der Waals surface area contributed by atoms with E-state index in [1.54, 1.807) is 0 Å². The van der Waals surface area contributed by atoms with Crippen LogP contribution < -0.4 is 9.62 Å². The number of phosphoric acid groups is 1. The second-order valence-corrected chi connectivity index (χ2v) is 9.06. The molecule has 9 nitrogen and oxygen atoms in total. The largest absolute Gasteiger partial charge is 0.487 e. The van der Waals surface area contributed by atoms with Crippen LogP contribution in [0.4, 0.5) is 0 Å². The lowest BCUT2D eigenvalue weighted by Crippen LogP contribution is -2.23. The van der Waals surface area contributed by atoms with Gasteiger partial charge in [0.2, 0.25) is 0 Å². The van der Waals surface area contributed by atoms with Crippen molar-refractivity contribution in [2.75, 3.05) is 20.6 Å². The topological polar surface area (TPSA) is 125 Å². The molecule has 0 amide bonds. The van der Waals surface area contributed by atoms with Gasteiger partial charge in [-0.2, -0.15) is 4.62 Å². The highest BCUT2D eigenvalue weighted by atomic mass is 32.2. The minimum Gasteiger partial charge on any atom is -0.486 e. The van der Waals surface area contributed by atoms with E-state index in [2.05, 4.69) is 4.62 Å². The van der Waals surface area contributed by atoms with Gasteiger partial charge in [-0.05, 0) is 43.9 Å². The van der Waals surface area contributed by atoms with Crippen LogP contribution in [0.5, 0.6) is 5.75 Å². The van der Waals surface area contributed by atoms with E-state index >= 15 is 0 Å². The van der Waals surface area contributed by atoms with Gasteiger partial charge in [0.15, 0.2) is 0 Å². The van der Waals surface area contributed by atoms with Crippen molar-refractivity contribution in [1.29, 1.82) is 0 Å². The van der Waals surface area contributed by atoms with Gasteiger partial charge in [0.1, 0.15) is 11.9 Å². The summed E-state index contributed by atoms with van der Waals surface area (Å²) in [5, 5.41) is 0. The Labute approximate surface area is 164 Å². The molecule has 1 unspecified atom stereocenters. The van der Waals surface area contributed by atoms with E-state index in [0.29, 0.717) is 5.75 Å². The molecule has 0 saturated carbocycles. The molecule has 3 N–H and O–H groups in total. The molecule has 0 bridgehead atoms. The Balaban J connectivity index is 2.13. The zero-order valence-corrected chi connectivity index (χ0v) is 17.1. The first-order valence-corrected chi connectivity index (χ1v) is 11.3. The summed E-state index contributed by atoms with van der Waals surface area (Å²) in [5.41, 5.74) is 0.998. The number of sulfonamides is 1. The van der Waals surface area contributed by atoms with Crippen molar-refractivity contribution in [1.82, 2.24) is 9.79 Å². The molecule has 0 radical (unpaired) electrons. The van der Waals surface area contributed by atoms with Crippen molar-refractivity contribution < 1.29 is 32.1 Å². The molecule has 0 spiro atoms. The van der Waals surface area contributed by atoms with Crippen LogP contribution in [-0.4, -0.2) is 43.7 Å². The lowest BCUT2D eigenvalue weighted by Gasteiger charge is -2.21. The van der Waals surface area contributed by atoms with Gasteiger partial charge >= 0.3 is 7.82 Å². The first-order chi connectivity index (χ1) is 13.1. The summed E-state index contributed by atoms with van der Waals surface area (Å²) in [6, 6.07) is 15.1. The van der Waals surface area contributed by atoms with Crippen molar-refractivity contribution in [3.8, 4) is 5.75 Å². The van der Waals surface area contributed by atoms with Gasteiger partial charge in [0.25, 0.3) is 10.0 Å². The van der Waals surface area contributed by atoms with Crippen LogP contribution in [0.2, 0.25) is 0 Å². The molecule has 2 aromatic rings. The summed E-state index contributed by atoms with van der Waals surface area (Å²) < 4.78 is 44.5. The number of ether oxygens (including phenoxy) is 1. The molecular formula is C17H23N2O7PS. The summed E-state index contributed by atoms with van der Waals surface area (Å²) in [7, 11) is -5.29. The summed E-state index contributed by atoms with van der Waals surface area (Å²) in [5.74, 6) is 0.461. The van der Waals surface area contributed by atoms with E-state index < -0.39 is 17.8 Å². The molecule has 0 fully saturated rings. The highest BCUT2D eigenvalue weighted by molar-refractivity contribution is 7.89. The molecule has 0 aliphatic heterocycles. The van der Waals surface area contributed by atoms with Gasteiger partial charge < -0.3 is 19.4 Å². The summed E-state index contributed by atoms with van der Waals surface area (Å²) >= 11 is 0. The van der Waals surface area contributed by atoms with E-state index in [4.69, 9.17) is 14.5 Å². The van der Waals surface area contributed by atoms with Crippen molar-refractivity contribution in [2.45, 2.75) is 17.4 Å². The van der Waals surface area contributed by atoms with Gasteiger partial charge in [-0.15, -0.1) is 0 Å². The van der Waals surface area contributed by atoms with Crippen LogP contribution in [0, 0.1) is 0 Å². The number of nitrogens with zero attached hydrogens (tertiary/aromatic N) is 1. The van der Waals surface area contributed by atoms with E-state index in [1.807, 2.05) is 49.3 Å². The number of hydrogen-bond donors (Lipinski definition) is 3. The zero-order chi connectivity index (χ0) is 20.8. The van der Waals surface area contributed by atoms with E-state index in [1.165, 1.54) is 29.2 Å². The molecule has 28 heavy (non-hydrogen) atoms. The van der Waals surface area contributed by atoms with Gasteiger partial charge in [-0.25, -0.2) is 13.0 Å². The summed E-state index contributed by atoms with van der Waals surface area (Å²) in [6.45, 7) is 0.801. The predicted octanol–water partition coefficient (Wildman–Crippen LogP) is 2.06. The minimum atomic E-state index is -4.98. The van der Waals surface area contributed by atoms with Gasteiger partial charge in [0, 0.05) is 13.0 Å². The van der Waals surface area contributed by atoms with Gasteiger partial charge in [-0.1, -0.05) is 35.2 Å². The maximum Gasteiger partial charge on any atom is 0.487 e. The Bertz CT molecular complexity index is 899. The highest BCUT2D eigenvalue weighted by Gasteiger charge is 2.22. The molecule has 2 aromatic carbocycles. The molecule has 0 aromatic heterocycles. The number of hydrogen-bond acceptors (Lipinski definition) is 6. The number of rotatable bonds is 10. The monoisotopic (exact) mass is 430 g/mol. The molecule has 11 heteroatoms. The summed E-state index contributed by atoms with van der Waals surface area (Å²) in [4.78, 5) is 20.4. The fourth-order valence-electron chi connectivity index (χ4n) is 2.34. The number of nitrogens with one attached hydrogen (secondary N) is 1. The minimum absolute atomic E-state index is 0.220. The molecule has 0 heterocycles. The molecule has 1 atom stereocenters. The third-order valence-corrected chi connectivity index (χ3v) is 5.34. The highest BCUT2D eigenvalue weighted by Crippen LogP contribution is 2.34. The lowest BCUT2D eigenvalue weighted by molar-refractivity contribution is 0.169. The van der Waals surface area contributed by atoms with Crippen molar-refractivity contribution in [3.63, 3.8) is 0 Å². The zero-order valence-electron chi connectivity index (χ0n) is 15.4. The molecule has 0 aliphatic carbocycles. The second-order valence-electron chi connectivity index (χ2n) is 6.25. The standard InChI is InChI=1S/C17H23N2O7PS/c1-19(2)13-12-17(14-6-4-3-5-7-14)25-15-8-10-16(11-9-15)28(23,24)18-26-27(20,21)22/h3-11,17-18H,12-13H2,1-2H3,(H2,20,21,22). The van der Waals surface area contributed by atoms with Crippen molar-refractivity contribution in [3.05, 3.63) is 60.2 Å². The first kappa shape index (κ1) is 22.5. The van der Waals surface area contributed by atoms with Crippen LogP contribution >= 0.6 is 7.82 Å². The quantitative estimate of drug-likeness (QED) is 0.386. The summed E-state index contributed by atoms with van der Waals surface area (Å²) in [6.07, 6.45) is 0.511. The third kappa shape index (κ3) is 7.33.